The highest BCUT2D eigenvalue weighted by molar-refractivity contribution is 7.13. The van der Waals surface area contributed by atoms with E-state index in [0.717, 1.165) is 34.6 Å². The number of aryl methyl sites for hydroxylation is 2. The van der Waals surface area contributed by atoms with Crippen LogP contribution in [0.5, 0.6) is 0 Å². The van der Waals surface area contributed by atoms with Crippen molar-refractivity contribution in [2.75, 3.05) is 19.6 Å². The molecule has 0 aromatic carbocycles. The summed E-state index contributed by atoms with van der Waals surface area (Å²) >= 11 is 3.25. The highest BCUT2D eigenvalue weighted by Crippen LogP contribution is 2.29. The van der Waals surface area contributed by atoms with E-state index in [4.69, 9.17) is 0 Å². The maximum Gasteiger partial charge on any atom is 0.263 e. The van der Waals surface area contributed by atoms with Crippen LogP contribution in [0.3, 0.4) is 0 Å². The Hall–Kier alpha value is -1.24. The number of aromatic nitrogens is 1. The van der Waals surface area contributed by atoms with Gasteiger partial charge in [0.05, 0.1) is 16.7 Å². The maximum atomic E-state index is 12.5. The van der Waals surface area contributed by atoms with E-state index in [1.54, 1.807) is 11.3 Å². The zero-order chi connectivity index (χ0) is 17.1. The Bertz CT molecular complexity index is 673. The number of thiophene rings is 1. The molecule has 1 fully saturated rings. The lowest BCUT2D eigenvalue weighted by Gasteiger charge is -2.36. The van der Waals surface area contributed by atoms with Gasteiger partial charge >= 0.3 is 0 Å². The third-order valence-corrected chi connectivity index (χ3v) is 6.74. The second kappa shape index (κ2) is 7.76. The minimum absolute atomic E-state index is 0.00466. The lowest BCUT2D eigenvalue weighted by molar-refractivity contribution is 0.0918. The molecule has 4 nitrogen and oxygen atoms in total. The molecular weight excluding hydrogens is 338 g/mol. The van der Waals surface area contributed by atoms with E-state index in [9.17, 15) is 4.79 Å². The van der Waals surface area contributed by atoms with Gasteiger partial charge in [-0.2, -0.15) is 0 Å². The number of nitrogens with one attached hydrogen (secondary N) is 1. The fourth-order valence-electron chi connectivity index (χ4n) is 3.24. The molecule has 0 unspecified atom stereocenters. The molecule has 130 valence electrons. The van der Waals surface area contributed by atoms with Crippen LogP contribution in [0, 0.1) is 19.8 Å². The quantitative estimate of drug-likeness (QED) is 0.872. The molecule has 1 aliphatic heterocycles. The van der Waals surface area contributed by atoms with Crippen molar-refractivity contribution in [3.05, 3.63) is 38.0 Å². The van der Waals surface area contributed by atoms with Crippen molar-refractivity contribution in [2.45, 2.75) is 39.7 Å². The summed E-state index contributed by atoms with van der Waals surface area (Å²) < 4.78 is 0. The second-order valence-corrected chi connectivity index (χ2v) is 8.79. The molecule has 3 heterocycles. The molecule has 1 amide bonds. The largest absolute Gasteiger partial charge is 0.349 e. The standard InChI is InChI=1S/C18H25N3OS2/c1-12-6-8-21(9-7-12)15(16-5-4-10-23-16)11-19-18(22)17-13(2)20-14(3)24-17/h4-5,10,12,15H,6-9,11H2,1-3H3,(H,19,22)/t15-/m0/s1. The van der Waals surface area contributed by atoms with Crippen molar-refractivity contribution in [3.8, 4) is 0 Å². The van der Waals surface area contributed by atoms with Gasteiger partial charge in [0.2, 0.25) is 0 Å². The summed E-state index contributed by atoms with van der Waals surface area (Å²) in [7, 11) is 0. The van der Waals surface area contributed by atoms with Gasteiger partial charge in [-0.15, -0.1) is 22.7 Å². The first kappa shape index (κ1) is 17.6. The van der Waals surface area contributed by atoms with Crippen LogP contribution in [0.15, 0.2) is 17.5 Å². The molecule has 3 rings (SSSR count). The van der Waals surface area contributed by atoms with E-state index in [0.29, 0.717) is 6.54 Å². The smallest absolute Gasteiger partial charge is 0.263 e. The number of hydrogen-bond donors (Lipinski definition) is 1. The van der Waals surface area contributed by atoms with E-state index in [1.807, 2.05) is 13.8 Å². The fourth-order valence-corrected chi connectivity index (χ4v) is 4.94. The Morgan fingerprint density at radius 3 is 2.75 bits per heavy atom. The summed E-state index contributed by atoms with van der Waals surface area (Å²) in [6.45, 7) is 9.05. The van der Waals surface area contributed by atoms with Crippen LogP contribution >= 0.6 is 22.7 Å². The number of piperidine rings is 1. The SMILES string of the molecule is Cc1nc(C)c(C(=O)NC[C@@H](c2cccs2)N2CCC(C)CC2)s1. The third-order valence-electron chi connectivity index (χ3n) is 4.70. The first-order chi connectivity index (χ1) is 11.5. The van der Waals surface area contributed by atoms with Crippen LogP contribution in [0.25, 0.3) is 0 Å². The molecule has 6 heteroatoms. The predicted molar refractivity (Wildman–Crippen MR) is 101 cm³/mol. The molecule has 2 aromatic heterocycles. The van der Waals surface area contributed by atoms with E-state index in [2.05, 4.69) is 39.6 Å². The van der Waals surface area contributed by atoms with Gasteiger partial charge in [0.1, 0.15) is 4.88 Å². The summed E-state index contributed by atoms with van der Waals surface area (Å²) in [5, 5.41) is 6.21. The summed E-state index contributed by atoms with van der Waals surface area (Å²) in [4.78, 5) is 21.5. The van der Waals surface area contributed by atoms with Gasteiger partial charge in [-0.1, -0.05) is 13.0 Å². The zero-order valence-corrected chi connectivity index (χ0v) is 16.2. The van der Waals surface area contributed by atoms with Crippen LogP contribution in [0.2, 0.25) is 0 Å². The lowest BCUT2D eigenvalue weighted by Crippen LogP contribution is -2.41. The molecule has 0 spiro atoms. The minimum atomic E-state index is 0.00466. The molecule has 2 aromatic rings. The van der Waals surface area contributed by atoms with Crippen LogP contribution in [-0.4, -0.2) is 35.4 Å². The van der Waals surface area contributed by atoms with Crippen LogP contribution in [0.4, 0.5) is 0 Å². The monoisotopic (exact) mass is 363 g/mol. The molecule has 0 bridgehead atoms. The first-order valence-corrected chi connectivity index (χ1v) is 10.2. The van der Waals surface area contributed by atoms with Crippen LogP contribution in [0.1, 0.15) is 51.1 Å². The highest BCUT2D eigenvalue weighted by atomic mass is 32.1. The first-order valence-electron chi connectivity index (χ1n) is 8.54. The Balaban J connectivity index is 1.68. The van der Waals surface area contributed by atoms with Gasteiger partial charge in [0.15, 0.2) is 0 Å². The number of nitrogens with zero attached hydrogens (tertiary/aromatic N) is 2. The van der Waals surface area contributed by atoms with Gasteiger partial charge in [-0.25, -0.2) is 4.98 Å². The molecule has 1 atom stereocenters. The average molecular weight is 364 g/mol. The normalized spacial score (nSPS) is 17.8. The topological polar surface area (TPSA) is 45.2 Å². The zero-order valence-electron chi connectivity index (χ0n) is 14.5. The molecule has 1 saturated heterocycles. The molecule has 0 aliphatic carbocycles. The van der Waals surface area contributed by atoms with Crippen molar-refractivity contribution in [2.24, 2.45) is 5.92 Å². The number of carbonyl (C=O) groups excluding carboxylic acids is 1. The van der Waals surface area contributed by atoms with Crippen LogP contribution in [-0.2, 0) is 0 Å². The Morgan fingerprint density at radius 2 is 2.17 bits per heavy atom. The van der Waals surface area contributed by atoms with Crippen molar-refractivity contribution < 1.29 is 4.79 Å². The van der Waals surface area contributed by atoms with Gasteiger partial charge in [-0.05, 0) is 57.1 Å². The fraction of sp³-hybridized carbons (Fsp3) is 0.556. The molecule has 1 N–H and O–H groups in total. The summed E-state index contributed by atoms with van der Waals surface area (Å²) in [5.74, 6) is 0.813. The Morgan fingerprint density at radius 1 is 1.42 bits per heavy atom. The number of likely N-dealkylation sites (tertiary alicyclic amines) is 1. The average Bonchev–Trinajstić information content (AvgIpc) is 3.19. The lowest BCUT2D eigenvalue weighted by atomic mass is 9.97. The van der Waals surface area contributed by atoms with Crippen molar-refractivity contribution in [1.29, 1.82) is 0 Å². The number of thiazole rings is 1. The summed E-state index contributed by atoms with van der Waals surface area (Å²) in [6, 6.07) is 4.55. The van der Waals surface area contributed by atoms with Crippen molar-refractivity contribution in [1.82, 2.24) is 15.2 Å². The molecule has 0 saturated carbocycles. The molecular formula is C18H25N3OS2. The number of rotatable bonds is 5. The minimum Gasteiger partial charge on any atom is -0.349 e. The predicted octanol–water partition coefficient (Wildman–Crippen LogP) is 4.02. The number of hydrogen-bond acceptors (Lipinski definition) is 5. The molecule has 0 radical (unpaired) electrons. The number of amides is 1. The molecule has 24 heavy (non-hydrogen) atoms. The third kappa shape index (κ3) is 4.05. The van der Waals surface area contributed by atoms with E-state index < -0.39 is 0 Å². The van der Waals surface area contributed by atoms with E-state index >= 15 is 0 Å². The van der Waals surface area contributed by atoms with E-state index in [1.165, 1.54) is 29.1 Å². The van der Waals surface area contributed by atoms with Crippen molar-refractivity contribution in [3.63, 3.8) is 0 Å². The van der Waals surface area contributed by atoms with Crippen LogP contribution < -0.4 is 5.32 Å². The molecule has 1 aliphatic rings. The van der Waals surface area contributed by atoms with Gasteiger partial charge in [0, 0.05) is 11.4 Å². The Kier molecular flexibility index (Phi) is 5.69. The number of carbonyl (C=O) groups is 1. The highest BCUT2D eigenvalue weighted by Gasteiger charge is 2.26. The maximum absolute atomic E-state index is 12.5. The second-order valence-electron chi connectivity index (χ2n) is 6.61. The van der Waals surface area contributed by atoms with Gasteiger partial charge in [-0.3, -0.25) is 9.69 Å². The summed E-state index contributed by atoms with van der Waals surface area (Å²) in [6.07, 6.45) is 2.48. The van der Waals surface area contributed by atoms with Gasteiger partial charge in [0.25, 0.3) is 5.91 Å². The van der Waals surface area contributed by atoms with Gasteiger partial charge < -0.3 is 5.32 Å². The van der Waals surface area contributed by atoms with E-state index in [-0.39, 0.29) is 11.9 Å². The Labute approximate surface area is 151 Å². The summed E-state index contributed by atoms with van der Waals surface area (Å²) in [5.41, 5.74) is 0.828. The van der Waals surface area contributed by atoms with Crippen molar-refractivity contribution >= 4 is 28.6 Å².